The lowest BCUT2D eigenvalue weighted by Gasteiger charge is -2.20. The summed E-state index contributed by atoms with van der Waals surface area (Å²) in [6.45, 7) is 6.01. The van der Waals surface area contributed by atoms with Crippen molar-refractivity contribution in [3.8, 4) is 0 Å². The van der Waals surface area contributed by atoms with Gasteiger partial charge in [-0.05, 0) is 32.4 Å². The molecule has 1 aromatic heterocycles. The number of hydrogen-bond donors (Lipinski definition) is 2. The highest BCUT2D eigenvalue weighted by Gasteiger charge is 2.17. The van der Waals surface area contributed by atoms with Crippen LogP contribution < -0.4 is 10.6 Å². The van der Waals surface area contributed by atoms with Gasteiger partial charge in [-0.3, -0.25) is 15.1 Å². The lowest BCUT2D eigenvalue weighted by molar-refractivity contribution is -0.143. The largest absolute Gasteiger partial charge is 0.460 e. The van der Waals surface area contributed by atoms with Gasteiger partial charge in [-0.1, -0.05) is 30.3 Å². The Bertz CT molecular complexity index is 757. The van der Waals surface area contributed by atoms with Gasteiger partial charge in [-0.25, -0.2) is 4.79 Å². The first kappa shape index (κ1) is 20.4. The average Bonchev–Trinajstić information content (AvgIpc) is 2.61. The number of esters is 1. The van der Waals surface area contributed by atoms with Crippen LogP contribution in [-0.2, 0) is 27.4 Å². The van der Waals surface area contributed by atoms with Gasteiger partial charge in [0.15, 0.2) is 0 Å². The summed E-state index contributed by atoms with van der Waals surface area (Å²) in [5, 5.41) is 5.69. The molecule has 0 spiro atoms. The van der Waals surface area contributed by atoms with Gasteiger partial charge in [0.25, 0.3) is 0 Å². The van der Waals surface area contributed by atoms with E-state index in [4.69, 9.17) is 9.47 Å². The highest BCUT2D eigenvalue weighted by atomic mass is 16.6. The second-order valence-corrected chi connectivity index (χ2v) is 6.91. The van der Waals surface area contributed by atoms with Gasteiger partial charge >= 0.3 is 12.1 Å². The van der Waals surface area contributed by atoms with E-state index in [0.29, 0.717) is 12.2 Å². The zero-order valence-corrected chi connectivity index (χ0v) is 15.8. The fourth-order valence-corrected chi connectivity index (χ4v) is 2.19. The Labute approximate surface area is 159 Å². The summed E-state index contributed by atoms with van der Waals surface area (Å²) in [5.74, 6) is -0.357. The minimum atomic E-state index is -0.585. The van der Waals surface area contributed by atoms with E-state index in [9.17, 15) is 9.59 Å². The second-order valence-electron chi connectivity index (χ2n) is 6.91. The van der Waals surface area contributed by atoms with Crippen molar-refractivity contribution >= 4 is 17.7 Å². The molecule has 0 atom stereocenters. The van der Waals surface area contributed by atoms with Gasteiger partial charge in [0.05, 0.1) is 12.2 Å². The number of carbonyl (C=O) groups is 2. The van der Waals surface area contributed by atoms with Crippen LogP contribution in [0.15, 0.2) is 48.8 Å². The van der Waals surface area contributed by atoms with Crippen molar-refractivity contribution in [2.75, 3.05) is 11.9 Å². The summed E-state index contributed by atoms with van der Waals surface area (Å²) in [4.78, 5) is 27.8. The number of hydrogen-bond acceptors (Lipinski definition) is 6. The Hall–Kier alpha value is -2.93. The van der Waals surface area contributed by atoms with Gasteiger partial charge in [0.1, 0.15) is 12.2 Å². The van der Waals surface area contributed by atoms with Crippen molar-refractivity contribution in [2.24, 2.45) is 0 Å². The Morgan fingerprint density at radius 1 is 1.11 bits per heavy atom. The lowest BCUT2D eigenvalue weighted by Crippen LogP contribution is -2.28. The van der Waals surface area contributed by atoms with Crippen LogP contribution in [-0.4, -0.2) is 29.2 Å². The average molecular weight is 371 g/mol. The van der Waals surface area contributed by atoms with Crippen LogP contribution in [0.2, 0.25) is 0 Å². The van der Waals surface area contributed by atoms with Crippen molar-refractivity contribution in [2.45, 2.75) is 39.5 Å². The van der Waals surface area contributed by atoms with Crippen LogP contribution in [0.4, 0.5) is 10.5 Å². The number of benzene rings is 1. The topological polar surface area (TPSA) is 89.5 Å². The fourth-order valence-electron chi connectivity index (χ4n) is 2.19. The first-order chi connectivity index (χ1) is 12.8. The standard InChI is InChI=1S/C20H25N3O4/c1-20(2,3)27-19(25)23-17-9-10-21-11-16(17)12-22-13-18(24)26-14-15-7-5-4-6-8-15/h4-11,22H,12-14H2,1-3H3,(H,21,23,25). The van der Waals surface area contributed by atoms with Crippen LogP contribution in [0.1, 0.15) is 31.9 Å². The minimum absolute atomic E-state index is 0.0492. The third-order valence-corrected chi connectivity index (χ3v) is 3.37. The van der Waals surface area contributed by atoms with Crippen LogP contribution in [0, 0.1) is 0 Å². The molecule has 0 saturated carbocycles. The van der Waals surface area contributed by atoms with Crippen molar-refractivity contribution in [1.82, 2.24) is 10.3 Å². The van der Waals surface area contributed by atoms with E-state index in [-0.39, 0.29) is 19.1 Å². The number of anilines is 1. The Morgan fingerprint density at radius 3 is 2.56 bits per heavy atom. The number of aromatic nitrogens is 1. The summed E-state index contributed by atoms with van der Waals surface area (Å²) in [5.41, 5.74) is 1.66. The first-order valence-electron chi connectivity index (χ1n) is 8.66. The molecule has 27 heavy (non-hydrogen) atoms. The van der Waals surface area contributed by atoms with Crippen molar-refractivity contribution in [3.05, 3.63) is 59.9 Å². The van der Waals surface area contributed by atoms with Gasteiger partial charge < -0.3 is 14.8 Å². The predicted molar refractivity (Wildman–Crippen MR) is 102 cm³/mol. The maximum absolute atomic E-state index is 11.9. The molecule has 7 heteroatoms. The molecule has 1 aromatic carbocycles. The molecule has 1 amide bonds. The molecular weight excluding hydrogens is 346 g/mol. The Morgan fingerprint density at radius 2 is 1.85 bits per heavy atom. The van der Waals surface area contributed by atoms with Crippen LogP contribution in [0.3, 0.4) is 0 Å². The number of rotatable bonds is 7. The highest BCUT2D eigenvalue weighted by molar-refractivity contribution is 5.85. The Kier molecular flexibility index (Phi) is 7.31. The molecule has 0 fully saturated rings. The number of nitrogens with zero attached hydrogens (tertiary/aromatic N) is 1. The lowest BCUT2D eigenvalue weighted by atomic mass is 10.2. The van der Waals surface area contributed by atoms with Crippen LogP contribution in [0.25, 0.3) is 0 Å². The molecule has 0 aliphatic heterocycles. The van der Waals surface area contributed by atoms with Crippen molar-refractivity contribution in [1.29, 1.82) is 0 Å². The molecule has 2 aromatic rings. The van der Waals surface area contributed by atoms with Gasteiger partial charge in [0.2, 0.25) is 0 Å². The number of carbonyl (C=O) groups excluding carboxylic acids is 2. The van der Waals surface area contributed by atoms with E-state index in [2.05, 4.69) is 15.6 Å². The van der Waals surface area contributed by atoms with E-state index in [0.717, 1.165) is 11.1 Å². The second kappa shape index (κ2) is 9.68. The number of amides is 1. The monoisotopic (exact) mass is 371 g/mol. The van der Waals surface area contributed by atoms with E-state index in [1.807, 2.05) is 30.3 Å². The SMILES string of the molecule is CC(C)(C)OC(=O)Nc1ccncc1CNCC(=O)OCc1ccccc1. The van der Waals surface area contributed by atoms with Gasteiger partial charge in [-0.2, -0.15) is 0 Å². The van der Waals surface area contributed by atoms with E-state index in [1.165, 1.54) is 0 Å². The third-order valence-electron chi connectivity index (χ3n) is 3.37. The normalized spacial score (nSPS) is 10.9. The molecule has 0 saturated heterocycles. The molecule has 0 unspecified atom stereocenters. The Balaban J connectivity index is 1.80. The molecule has 1 heterocycles. The van der Waals surface area contributed by atoms with E-state index >= 15 is 0 Å². The molecule has 0 bridgehead atoms. The summed E-state index contributed by atoms with van der Waals surface area (Å²) in [6, 6.07) is 11.2. The molecule has 2 rings (SSSR count). The highest BCUT2D eigenvalue weighted by Crippen LogP contribution is 2.15. The molecule has 0 radical (unpaired) electrons. The van der Waals surface area contributed by atoms with Crippen LogP contribution in [0.5, 0.6) is 0 Å². The predicted octanol–water partition coefficient (Wildman–Crippen LogP) is 3.26. The maximum atomic E-state index is 11.9. The first-order valence-corrected chi connectivity index (χ1v) is 8.66. The summed E-state index contributed by atoms with van der Waals surface area (Å²) >= 11 is 0. The summed E-state index contributed by atoms with van der Waals surface area (Å²) in [6.07, 6.45) is 2.65. The smallest absolute Gasteiger partial charge is 0.412 e. The number of pyridine rings is 1. The summed E-state index contributed by atoms with van der Waals surface area (Å²) in [7, 11) is 0. The molecule has 7 nitrogen and oxygen atoms in total. The fraction of sp³-hybridized carbons (Fsp3) is 0.350. The summed E-state index contributed by atoms with van der Waals surface area (Å²) < 4.78 is 10.5. The van der Waals surface area contributed by atoms with E-state index in [1.54, 1.807) is 39.2 Å². The van der Waals surface area contributed by atoms with Crippen molar-refractivity contribution in [3.63, 3.8) is 0 Å². The van der Waals surface area contributed by atoms with Crippen molar-refractivity contribution < 1.29 is 19.1 Å². The van der Waals surface area contributed by atoms with Gasteiger partial charge in [0, 0.05) is 24.5 Å². The quantitative estimate of drug-likeness (QED) is 0.726. The van der Waals surface area contributed by atoms with Gasteiger partial charge in [-0.15, -0.1) is 0 Å². The molecule has 0 aliphatic rings. The number of ether oxygens (including phenoxy) is 2. The molecule has 0 aliphatic carbocycles. The number of nitrogens with one attached hydrogen (secondary N) is 2. The zero-order chi connectivity index (χ0) is 19.7. The maximum Gasteiger partial charge on any atom is 0.412 e. The molecule has 2 N–H and O–H groups in total. The van der Waals surface area contributed by atoms with E-state index < -0.39 is 11.7 Å². The molecular formula is C20H25N3O4. The molecule has 144 valence electrons. The van der Waals surface area contributed by atoms with Crippen LogP contribution >= 0.6 is 0 Å². The minimum Gasteiger partial charge on any atom is -0.460 e. The third kappa shape index (κ3) is 7.87. The zero-order valence-electron chi connectivity index (χ0n) is 15.8.